The first-order chi connectivity index (χ1) is 5.95. The first-order valence-electron chi connectivity index (χ1n) is 4.54. The average molecular weight is 164 g/mol. The summed E-state index contributed by atoms with van der Waals surface area (Å²) in [7, 11) is 0. The van der Waals surface area contributed by atoms with Gasteiger partial charge in [-0.05, 0) is 0 Å². The number of hydrogen-bond acceptors (Lipinski definition) is 4. The van der Waals surface area contributed by atoms with E-state index in [0.717, 1.165) is 50.9 Å². The molecule has 0 saturated carbocycles. The minimum Gasteiger partial charge on any atom is -0.350 e. The smallest absolute Gasteiger partial charge is 0.167 e. The molecule has 0 atom stereocenters. The van der Waals surface area contributed by atoms with Crippen LogP contribution < -0.4 is 0 Å². The second kappa shape index (κ2) is 2.21. The van der Waals surface area contributed by atoms with Gasteiger partial charge in [0.2, 0.25) is 0 Å². The van der Waals surface area contributed by atoms with Crippen LogP contribution >= 0.6 is 0 Å². The molecule has 0 aromatic carbocycles. The van der Waals surface area contributed by atoms with Crippen LogP contribution in [0.5, 0.6) is 0 Å². The van der Waals surface area contributed by atoms with Crippen LogP contribution in [0.2, 0.25) is 0 Å². The van der Waals surface area contributed by atoms with Gasteiger partial charge in [0.15, 0.2) is 11.7 Å². The molecular formula is C8H12N4. The third-order valence-corrected chi connectivity index (χ3v) is 2.70. The fourth-order valence-corrected chi connectivity index (χ4v) is 2.07. The lowest BCUT2D eigenvalue weighted by molar-refractivity contribution is 0.351. The van der Waals surface area contributed by atoms with Crippen LogP contribution in [0, 0.1) is 0 Å². The van der Waals surface area contributed by atoms with E-state index < -0.39 is 0 Å². The molecule has 0 radical (unpaired) electrons. The fraction of sp³-hybridized carbons (Fsp3) is 0.750. The molecule has 0 spiro atoms. The first kappa shape index (κ1) is 6.46. The van der Waals surface area contributed by atoms with Gasteiger partial charge < -0.3 is 9.80 Å². The lowest BCUT2D eigenvalue weighted by Crippen LogP contribution is -2.50. The van der Waals surface area contributed by atoms with Crippen LogP contribution in [-0.4, -0.2) is 60.7 Å². The minimum atomic E-state index is 0.961. The second-order valence-electron chi connectivity index (χ2n) is 3.38. The lowest BCUT2D eigenvalue weighted by atomic mass is 10.3. The van der Waals surface area contributed by atoms with E-state index >= 15 is 0 Å². The van der Waals surface area contributed by atoms with Crippen LogP contribution in [0.4, 0.5) is 0 Å². The highest BCUT2D eigenvalue weighted by molar-refractivity contribution is 6.41. The molecule has 3 rings (SSSR count). The van der Waals surface area contributed by atoms with E-state index in [4.69, 9.17) is 0 Å². The average Bonchev–Trinajstić information content (AvgIpc) is 2.71. The monoisotopic (exact) mass is 164 g/mol. The van der Waals surface area contributed by atoms with Crippen molar-refractivity contribution < 1.29 is 0 Å². The topological polar surface area (TPSA) is 31.2 Å². The van der Waals surface area contributed by atoms with E-state index in [2.05, 4.69) is 19.8 Å². The molecule has 64 valence electrons. The summed E-state index contributed by atoms with van der Waals surface area (Å²) >= 11 is 0. The van der Waals surface area contributed by atoms with Crippen LogP contribution in [0.25, 0.3) is 0 Å². The van der Waals surface area contributed by atoms with Crippen molar-refractivity contribution in [2.45, 2.75) is 0 Å². The SMILES string of the molecule is C1CN2CCN3CCN=C3C2=N1. The second-order valence-corrected chi connectivity index (χ2v) is 3.38. The van der Waals surface area contributed by atoms with Gasteiger partial charge in [-0.15, -0.1) is 0 Å². The quantitative estimate of drug-likeness (QED) is 0.480. The predicted octanol–water partition coefficient (Wildman–Crippen LogP) is -0.572. The number of aliphatic imine (C=N–C) groups is 2. The van der Waals surface area contributed by atoms with Crippen LogP contribution in [0.1, 0.15) is 0 Å². The third-order valence-electron chi connectivity index (χ3n) is 2.70. The zero-order valence-electron chi connectivity index (χ0n) is 7.03. The Hall–Kier alpha value is -1.06. The Labute approximate surface area is 71.6 Å². The van der Waals surface area contributed by atoms with Crippen molar-refractivity contribution in [3.63, 3.8) is 0 Å². The van der Waals surface area contributed by atoms with Crippen LogP contribution in [-0.2, 0) is 0 Å². The van der Waals surface area contributed by atoms with E-state index in [-0.39, 0.29) is 0 Å². The first-order valence-corrected chi connectivity index (χ1v) is 4.54. The van der Waals surface area contributed by atoms with E-state index in [1.165, 1.54) is 0 Å². The van der Waals surface area contributed by atoms with Crippen molar-refractivity contribution in [1.29, 1.82) is 0 Å². The van der Waals surface area contributed by atoms with Gasteiger partial charge in [-0.25, -0.2) is 0 Å². The maximum Gasteiger partial charge on any atom is 0.167 e. The Morgan fingerprint density at radius 1 is 0.750 bits per heavy atom. The van der Waals surface area contributed by atoms with Gasteiger partial charge >= 0.3 is 0 Å². The van der Waals surface area contributed by atoms with Crippen LogP contribution in [0.15, 0.2) is 9.98 Å². The molecule has 1 fully saturated rings. The van der Waals surface area contributed by atoms with E-state index in [1.54, 1.807) is 0 Å². The van der Waals surface area contributed by atoms with Crippen molar-refractivity contribution in [1.82, 2.24) is 9.80 Å². The number of amidine groups is 2. The molecule has 3 aliphatic heterocycles. The number of hydrogen-bond donors (Lipinski definition) is 0. The largest absolute Gasteiger partial charge is 0.350 e. The Balaban J connectivity index is 1.98. The predicted molar refractivity (Wildman–Crippen MR) is 47.8 cm³/mol. The van der Waals surface area contributed by atoms with Crippen molar-refractivity contribution in [2.24, 2.45) is 9.98 Å². The number of piperazine rings is 1. The fourth-order valence-electron chi connectivity index (χ4n) is 2.07. The zero-order valence-corrected chi connectivity index (χ0v) is 7.03. The summed E-state index contributed by atoms with van der Waals surface area (Å²) in [6, 6.07) is 0. The van der Waals surface area contributed by atoms with Gasteiger partial charge in [0.25, 0.3) is 0 Å². The molecular weight excluding hydrogens is 152 g/mol. The van der Waals surface area contributed by atoms with Crippen LogP contribution in [0.3, 0.4) is 0 Å². The molecule has 12 heavy (non-hydrogen) atoms. The molecule has 4 nitrogen and oxygen atoms in total. The highest BCUT2D eigenvalue weighted by Gasteiger charge is 2.32. The summed E-state index contributed by atoms with van der Waals surface area (Å²) in [5.74, 6) is 2.30. The van der Waals surface area contributed by atoms with Gasteiger partial charge in [-0.1, -0.05) is 0 Å². The lowest BCUT2D eigenvalue weighted by Gasteiger charge is -2.32. The van der Waals surface area contributed by atoms with Gasteiger partial charge in [-0.2, -0.15) is 0 Å². The normalized spacial score (nSPS) is 26.7. The third kappa shape index (κ3) is 0.722. The summed E-state index contributed by atoms with van der Waals surface area (Å²) in [5.41, 5.74) is 0. The van der Waals surface area contributed by atoms with Gasteiger partial charge in [0.05, 0.1) is 13.1 Å². The zero-order chi connectivity index (χ0) is 7.97. The van der Waals surface area contributed by atoms with Crippen molar-refractivity contribution >= 4 is 11.7 Å². The van der Waals surface area contributed by atoms with Crippen molar-refractivity contribution in [3.05, 3.63) is 0 Å². The Kier molecular flexibility index (Phi) is 1.19. The summed E-state index contributed by atoms with van der Waals surface area (Å²) in [6.07, 6.45) is 0. The summed E-state index contributed by atoms with van der Waals surface area (Å²) in [5, 5.41) is 0. The van der Waals surface area contributed by atoms with E-state index in [9.17, 15) is 0 Å². The molecule has 1 saturated heterocycles. The van der Waals surface area contributed by atoms with E-state index in [1.807, 2.05) is 0 Å². The number of nitrogens with zero attached hydrogens (tertiary/aromatic N) is 4. The molecule has 0 bridgehead atoms. The molecule has 0 amide bonds. The molecule has 0 aromatic rings. The molecule has 0 unspecified atom stereocenters. The maximum absolute atomic E-state index is 4.47. The summed E-state index contributed by atoms with van der Waals surface area (Å²) < 4.78 is 0. The Morgan fingerprint density at radius 2 is 1.25 bits per heavy atom. The highest BCUT2D eigenvalue weighted by atomic mass is 15.4. The molecule has 0 aromatic heterocycles. The molecule has 0 aliphatic carbocycles. The number of rotatable bonds is 0. The Morgan fingerprint density at radius 3 is 1.75 bits per heavy atom. The molecule has 0 N–H and O–H groups in total. The van der Waals surface area contributed by atoms with Gasteiger partial charge in [-0.3, -0.25) is 9.98 Å². The highest BCUT2D eigenvalue weighted by Crippen LogP contribution is 2.15. The standard InChI is InChI=1S/C8H12N4/c1-3-11-5-6-12-4-2-10-8(12)7(11)9-1/h1-6H2. The van der Waals surface area contributed by atoms with E-state index in [0.29, 0.717) is 0 Å². The summed E-state index contributed by atoms with van der Waals surface area (Å²) in [4.78, 5) is 13.6. The summed E-state index contributed by atoms with van der Waals surface area (Å²) in [6.45, 7) is 6.39. The van der Waals surface area contributed by atoms with Crippen molar-refractivity contribution in [3.8, 4) is 0 Å². The minimum absolute atomic E-state index is 0.961. The maximum atomic E-state index is 4.47. The molecule has 4 heteroatoms. The molecule has 3 aliphatic rings. The molecule has 3 heterocycles. The Bertz CT molecular complexity index is 240. The number of fused-ring (bicyclic) bond motifs is 3. The van der Waals surface area contributed by atoms with Gasteiger partial charge in [0.1, 0.15) is 0 Å². The van der Waals surface area contributed by atoms with Crippen molar-refractivity contribution in [2.75, 3.05) is 39.3 Å². The van der Waals surface area contributed by atoms with Gasteiger partial charge in [0, 0.05) is 26.2 Å².